The Hall–Kier alpha value is 0.0795. The third-order valence-corrected chi connectivity index (χ3v) is 0.715. The van der Waals surface area contributed by atoms with Gasteiger partial charge in [-0.2, -0.15) is 4.37 Å². The SMILES string of the molecule is [Cu].c1ncsn1. The Morgan fingerprint density at radius 1 is 1.50 bits per heavy atom. The van der Waals surface area contributed by atoms with Crippen LogP contribution < -0.4 is 0 Å². The minimum Gasteiger partial charge on any atom is -0.231 e. The molecule has 0 aromatic carbocycles. The molecule has 6 heavy (non-hydrogen) atoms. The van der Waals surface area contributed by atoms with Crippen molar-refractivity contribution >= 4 is 11.5 Å². The fourth-order valence-corrected chi connectivity index (χ4v) is 0.408. The van der Waals surface area contributed by atoms with E-state index >= 15 is 0 Å². The molecule has 0 bridgehead atoms. The topological polar surface area (TPSA) is 25.8 Å². The Kier molecular flexibility index (Phi) is 3.32. The molecule has 0 saturated carbocycles. The van der Waals surface area contributed by atoms with E-state index in [1.165, 1.54) is 17.9 Å². The van der Waals surface area contributed by atoms with Gasteiger partial charge in [0, 0.05) is 17.1 Å². The molecule has 0 unspecified atom stereocenters. The van der Waals surface area contributed by atoms with Crippen molar-refractivity contribution in [1.29, 1.82) is 0 Å². The summed E-state index contributed by atoms with van der Waals surface area (Å²) >= 11 is 1.35. The molecule has 0 atom stereocenters. The van der Waals surface area contributed by atoms with Crippen molar-refractivity contribution in [2.45, 2.75) is 0 Å². The van der Waals surface area contributed by atoms with Crippen molar-refractivity contribution in [2.24, 2.45) is 0 Å². The molecule has 0 amide bonds. The maximum absolute atomic E-state index is 3.65. The monoisotopic (exact) mass is 149 g/mol. The van der Waals surface area contributed by atoms with Crippen LogP contribution in [-0.2, 0) is 17.1 Å². The van der Waals surface area contributed by atoms with E-state index in [1.54, 1.807) is 5.51 Å². The van der Waals surface area contributed by atoms with Gasteiger partial charge < -0.3 is 0 Å². The summed E-state index contributed by atoms with van der Waals surface area (Å²) in [5, 5.41) is 0. The third-order valence-electron chi connectivity index (χ3n) is 0.283. The molecule has 2 nitrogen and oxygen atoms in total. The van der Waals surface area contributed by atoms with Crippen LogP contribution >= 0.6 is 11.5 Å². The van der Waals surface area contributed by atoms with Crippen LogP contribution in [0.3, 0.4) is 0 Å². The van der Waals surface area contributed by atoms with Gasteiger partial charge >= 0.3 is 0 Å². The molecule has 0 aliphatic carbocycles. The van der Waals surface area contributed by atoms with Gasteiger partial charge in [0.25, 0.3) is 0 Å². The molecule has 0 spiro atoms. The van der Waals surface area contributed by atoms with Crippen LogP contribution in [0.15, 0.2) is 11.8 Å². The Morgan fingerprint density at radius 2 is 2.33 bits per heavy atom. The van der Waals surface area contributed by atoms with Gasteiger partial charge in [0.2, 0.25) is 0 Å². The van der Waals surface area contributed by atoms with Crippen LogP contribution in [0.4, 0.5) is 0 Å². The second-order valence-corrected chi connectivity index (χ2v) is 1.21. The molecular formula is C2H2CuN2S. The first kappa shape index (κ1) is 6.08. The summed E-state index contributed by atoms with van der Waals surface area (Å²) in [5.41, 5.74) is 1.68. The van der Waals surface area contributed by atoms with Gasteiger partial charge in [-0.15, -0.1) is 0 Å². The molecule has 1 aromatic rings. The minimum absolute atomic E-state index is 0. The van der Waals surface area contributed by atoms with E-state index in [0.717, 1.165) is 0 Å². The molecule has 37 valence electrons. The smallest absolute Gasteiger partial charge is 0.129 e. The molecular weight excluding hydrogens is 148 g/mol. The fourth-order valence-electron chi connectivity index (χ4n) is 0.136. The zero-order valence-corrected chi connectivity index (χ0v) is 4.52. The van der Waals surface area contributed by atoms with E-state index in [4.69, 9.17) is 0 Å². The van der Waals surface area contributed by atoms with Crippen molar-refractivity contribution in [1.82, 2.24) is 9.36 Å². The van der Waals surface area contributed by atoms with Crippen LogP contribution in [0.1, 0.15) is 0 Å². The van der Waals surface area contributed by atoms with Gasteiger partial charge in [-0.25, -0.2) is 4.98 Å². The molecule has 1 aromatic heterocycles. The van der Waals surface area contributed by atoms with Gasteiger partial charge in [0.1, 0.15) is 11.8 Å². The molecule has 1 rings (SSSR count). The molecule has 0 aliphatic heterocycles. The van der Waals surface area contributed by atoms with Gasteiger partial charge in [0.05, 0.1) is 0 Å². The quantitative estimate of drug-likeness (QED) is 0.504. The summed E-state index contributed by atoms with van der Waals surface area (Å²) in [7, 11) is 0. The summed E-state index contributed by atoms with van der Waals surface area (Å²) in [6.45, 7) is 0. The van der Waals surface area contributed by atoms with Crippen molar-refractivity contribution in [3.8, 4) is 0 Å². The standard InChI is InChI=1S/C2H2N2S.Cu/c1-3-2-5-4-1;/h1-2H;. The second-order valence-electron chi connectivity index (χ2n) is 0.581. The van der Waals surface area contributed by atoms with Crippen molar-refractivity contribution < 1.29 is 17.1 Å². The van der Waals surface area contributed by atoms with Crippen molar-refractivity contribution in [3.63, 3.8) is 0 Å². The van der Waals surface area contributed by atoms with Gasteiger partial charge in [-0.3, -0.25) is 0 Å². The number of nitrogens with zero attached hydrogens (tertiary/aromatic N) is 2. The molecule has 0 N–H and O–H groups in total. The summed E-state index contributed by atoms with van der Waals surface area (Å²) < 4.78 is 3.65. The predicted octanol–water partition coefficient (Wildman–Crippen LogP) is 0.536. The molecule has 1 radical (unpaired) electrons. The number of hydrogen-bond donors (Lipinski definition) is 0. The summed E-state index contributed by atoms with van der Waals surface area (Å²) in [5.74, 6) is 0. The first-order valence-corrected chi connectivity index (χ1v) is 2.03. The molecule has 0 saturated heterocycles. The van der Waals surface area contributed by atoms with E-state index in [-0.39, 0.29) is 17.1 Å². The van der Waals surface area contributed by atoms with Gasteiger partial charge in [-0.05, 0) is 11.5 Å². The van der Waals surface area contributed by atoms with E-state index < -0.39 is 0 Å². The largest absolute Gasteiger partial charge is 0.231 e. The van der Waals surface area contributed by atoms with Crippen molar-refractivity contribution in [2.75, 3.05) is 0 Å². The number of rotatable bonds is 0. The second kappa shape index (κ2) is 3.28. The predicted molar refractivity (Wildman–Crippen MR) is 19.9 cm³/mol. The first-order chi connectivity index (χ1) is 2.50. The summed E-state index contributed by atoms with van der Waals surface area (Å²) in [4.78, 5) is 3.63. The van der Waals surface area contributed by atoms with E-state index in [1.807, 2.05) is 0 Å². The summed E-state index contributed by atoms with van der Waals surface area (Å²) in [6, 6.07) is 0. The zero-order valence-electron chi connectivity index (χ0n) is 2.76. The average molecular weight is 150 g/mol. The van der Waals surface area contributed by atoms with Gasteiger partial charge in [0.15, 0.2) is 0 Å². The average Bonchev–Trinajstić information content (AvgIpc) is 1.76. The Balaban J connectivity index is 0.000000250. The summed E-state index contributed by atoms with van der Waals surface area (Å²) in [6.07, 6.45) is 1.52. The Labute approximate surface area is 50.2 Å². The molecule has 4 heteroatoms. The molecule has 0 aliphatic rings. The Bertz CT molecular complexity index is 68.0. The zero-order chi connectivity index (χ0) is 3.54. The maximum atomic E-state index is 3.65. The molecule has 0 fully saturated rings. The minimum atomic E-state index is 0. The van der Waals surface area contributed by atoms with Crippen LogP contribution in [0.25, 0.3) is 0 Å². The first-order valence-electron chi connectivity index (χ1n) is 1.19. The normalized spacial score (nSPS) is 6.67. The van der Waals surface area contributed by atoms with E-state index in [9.17, 15) is 0 Å². The van der Waals surface area contributed by atoms with E-state index in [0.29, 0.717) is 0 Å². The fraction of sp³-hybridized carbons (Fsp3) is 0. The number of aromatic nitrogens is 2. The van der Waals surface area contributed by atoms with Crippen molar-refractivity contribution in [3.05, 3.63) is 11.8 Å². The van der Waals surface area contributed by atoms with Gasteiger partial charge in [-0.1, -0.05) is 0 Å². The third kappa shape index (κ3) is 1.50. The van der Waals surface area contributed by atoms with Crippen LogP contribution in [-0.4, -0.2) is 9.36 Å². The van der Waals surface area contributed by atoms with E-state index in [2.05, 4.69) is 9.36 Å². The number of hydrogen-bond acceptors (Lipinski definition) is 3. The molecule has 1 heterocycles. The van der Waals surface area contributed by atoms with Crippen LogP contribution in [0, 0.1) is 0 Å². The maximum Gasteiger partial charge on any atom is 0.129 e. The van der Waals surface area contributed by atoms with Crippen LogP contribution in [0.2, 0.25) is 0 Å². The van der Waals surface area contributed by atoms with Crippen LogP contribution in [0.5, 0.6) is 0 Å². The Morgan fingerprint density at radius 3 is 2.50 bits per heavy atom.